The molecule has 19 heavy (non-hydrogen) atoms. The number of pyridine rings is 1. The van der Waals surface area contributed by atoms with Crippen molar-refractivity contribution in [2.24, 2.45) is 11.7 Å². The van der Waals surface area contributed by atoms with Gasteiger partial charge in [0.1, 0.15) is 5.82 Å². The van der Waals surface area contributed by atoms with Crippen molar-refractivity contribution in [2.45, 2.75) is 51.5 Å². The van der Waals surface area contributed by atoms with Gasteiger partial charge in [-0.15, -0.1) is 0 Å². The summed E-state index contributed by atoms with van der Waals surface area (Å²) in [5.41, 5.74) is 8.21. The second kappa shape index (κ2) is 5.49. The second-order valence-electron chi connectivity index (χ2n) is 6.12. The summed E-state index contributed by atoms with van der Waals surface area (Å²) in [6, 6.07) is 3.02. The van der Waals surface area contributed by atoms with Crippen LogP contribution < -0.4 is 10.6 Å². The van der Waals surface area contributed by atoms with Gasteiger partial charge in [-0.1, -0.05) is 12.5 Å². The molecule has 3 rings (SSSR count). The minimum Gasteiger partial charge on any atom is -0.353 e. The Bertz CT molecular complexity index is 444. The normalized spacial score (nSPS) is 26.5. The molecular formula is C16H25N3. The van der Waals surface area contributed by atoms with Gasteiger partial charge in [-0.25, -0.2) is 4.98 Å². The van der Waals surface area contributed by atoms with E-state index in [9.17, 15) is 0 Å². The van der Waals surface area contributed by atoms with Crippen LogP contribution in [-0.2, 0) is 6.42 Å². The first-order valence-electron chi connectivity index (χ1n) is 7.72. The molecule has 1 saturated carbocycles. The highest BCUT2D eigenvalue weighted by Crippen LogP contribution is 2.39. The van der Waals surface area contributed by atoms with E-state index in [2.05, 4.69) is 17.9 Å². The lowest BCUT2D eigenvalue weighted by atomic mass is 9.91. The number of aryl methyl sites for hydroxylation is 1. The summed E-state index contributed by atoms with van der Waals surface area (Å²) in [7, 11) is 0. The summed E-state index contributed by atoms with van der Waals surface area (Å²) in [6.45, 7) is 4.08. The zero-order valence-electron chi connectivity index (χ0n) is 11.9. The smallest absolute Gasteiger partial charge is 0.131 e. The van der Waals surface area contributed by atoms with Gasteiger partial charge >= 0.3 is 0 Å². The van der Waals surface area contributed by atoms with E-state index in [4.69, 9.17) is 10.7 Å². The molecule has 1 aromatic rings. The summed E-state index contributed by atoms with van der Waals surface area (Å²) < 4.78 is 0. The first-order valence-corrected chi connectivity index (χ1v) is 7.72. The average molecular weight is 259 g/mol. The van der Waals surface area contributed by atoms with Crippen LogP contribution in [0.1, 0.15) is 43.2 Å². The standard InChI is InChI=1S/C16H25N3/c1-12-10-13(7-8-17)11-18-16(12)19-9-3-5-14-4-2-6-15(14)19/h10-11,14-15H,2-9,17H2,1H3. The summed E-state index contributed by atoms with van der Waals surface area (Å²) in [6.07, 6.45) is 9.88. The molecule has 2 aliphatic rings. The average Bonchev–Trinajstić information content (AvgIpc) is 2.88. The number of hydrogen-bond donors (Lipinski definition) is 1. The Morgan fingerprint density at radius 3 is 2.95 bits per heavy atom. The van der Waals surface area contributed by atoms with E-state index in [-0.39, 0.29) is 0 Å². The van der Waals surface area contributed by atoms with Crippen LogP contribution in [0.25, 0.3) is 0 Å². The number of rotatable bonds is 3. The van der Waals surface area contributed by atoms with Gasteiger partial charge in [0, 0.05) is 18.8 Å². The van der Waals surface area contributed by atoms with E-state index in [1.165, 1.54) is 55.6 Å². The van der Waals surface area contributed by atoms with E-state index in [0.717, 1.165) is 18.4 Å². The summed E-state index contributed by atoms with van der Waals surface area (Å²) in [5, 5.41) is 0. The van der Waals surface area contributed by atoms with Crippen LogP contribution in [0.3, 0.4) is 0 Å². The molecule has 0 aromatic carbocycles. The fourth-order valence-electron chi connectivity index (χ4n) is 3.95. The van der Waals surface area contributed by atoms with Crippen LogP contribution in [-0.4, -0.2) is 24.1 Å². The molecule has 0 bridgehead atoms. The second-order valence-corrected chi connectivity index (χ2v) is 6.12. The van der Waals surface area contributed by atoms with Crippen molar-refractivity contribution in [1.82, 2.24) is 4.98 Å². The zero-order chi connectivity index (χ0) is 13.2. The van der Waals surface area contributed by atoms with Crippen LogP contribution in [0.2, 0.25) is 0 Å². The van der Waals surface area contributed by atoms with Crippen molar-refractivity contribution in [1.29, 1.82) is 0 Å². The molecule has 104 valence electrons. The Morgan fingerprint density at radius 1 is 1.32 bits per heavy atom. The number of fused-ring (bicyclic) bond motifs is 1. The third-order valence-corrected chi connectivity index (χ3v) is 4.81. The molecule has 0 amide bonds. The Labute approximate surface area is 116 Å². The van der Waals surface area contributed by atoms with E-state index in [0.29, 0.717) is 6.54 Å². The molecule has 1 aliphatic carbocycles. The molecule has 3 heteroatoms. The molecule has 2 fully saturated rings. The molecule has 0 radical (unpaired) electrons. The van der Waals surface area contributed by atoms with Crippen molar-refractivity contribution in [3.63, 3.8) is 0 Å². The Balaban J connectivity index is 1.84. The summed E-state index contributed by atoms with van der Waals surface area (Å²) in [5.74, 6) is 2.14. The van der Waals surface area contributed by atoms with Crippen molar-refractivity contribution >= 4 is 5.82 Å². The van der Waals surface area contributed by atoms with Gasteiger partial charge in [0.25, 0.3) is 0 Å². The highest BCUT2D eigenvalue weighted by Gasteiger charge is 2.35. The molecule has 2 N–H and O–H groups in total. The Kier molecular flexibility index (Phi) is 3.74. The lowest BCUT2D eigenvalue weighted by Crippen LogP contribution is -2.43. The molecule has 2 heterocycles. The van der Waals surface area contributed by atoms with Gasteiger partial charge in [0.15, 0.2) is 0 Å². The monoisotopic (exact) mass is 259 g/mol. The largest absolute Gasteiger partial charge is 0.353 e. The highest BCUT2D eigenvalue weighted by atomic mass is 15.2. The van der Waals surface area contributed by atoms with Gasteiger partial charge in [-0.05, 0) is 62.6 Å². The topological polar surface area (TPSA) is 42.1 Å². The number of nitrogens with two attached hydrogens (primary N) is 1. The summed E-state index contributed by atoms with van der Waals surface area (Å²) >= 11 is 0. The fraction of sp³-hybridized carbons (Fsp3) is 0.688. The van der Waals surface area contributed by atoms with Crippen molar-refractivity contribution in [2.75, 3.05) is 18.0 Å². The lowest BCUT2D eigenvalue weighted by molar-refractivity contribution is 0.360. The molecule has 1 saturated heterocycles. The quantitative estimate of drug-likeness (QED) is 0.907. The first kappa shape index (κ1) is 12.9. The predicted molar refractivity (Wildman–Crippen MR) is 79.4 cm³/mol. The van der Waals surface area contributed by atoms with E-state index >= 15 is 0 Å². The Hall–Kier alpha value is -1.09. The van der Waals surface area contributed by atoms with E-state index in [1.54, 1.807) is 0 Å². The number of anilines is 1. The zero-order valence-corrected chi connectivity index (χ0v) is 11.9. The highest BCUT2D eigenvalue weighted by molar-refractivity contribution is 5.49. The predicted octanol–water partition coefficient (Wildman–Crippen LogP) is 2.66. The van der Waals surface area contributed by atoms with Gasteiger partial charge < -0.3 is 10.6 Å². The van der Waals surface area contributed by atoms with Crippen molar-refractivity contribution in [3.8, 4) is 0 Å². The van der Waals surface area contributed by atoms with Gasteiger partial charge in [-0.2, -0.15) is 0 Å². The minimum absolute atomic E-state index is 0.703. The van der Waals surface area contributed by atoms with Crippen LogP contribution in [0, 0.1) is 12.8 Å². The summed E-state index contributed by atoms with van der Waals surface area (Å²) in [4.78, 5) is 7.34. The maximum Gasteiger partial charge on any atom is 0.131 e. The molecule has 1 aliphatic heterocycles. The minimum atomic E-state index is 0.703. The van der Waals surface area contributed by atoms with E-state index < -0.39 is 0 Å². The first-order chi connectivity index (χ1) is 9.29. The van der Waals surface area contributed by atoms with Crippen LogP contribution in [0.4, 0.5) is 5.82 Å². The van der Waals surface area contributed by atoms with Gasteiger partial charge in [-0.3, -0.25) is 0 Å². The lowest BCUT2D eigenvalue weighted by Gasteiger charge is -2.39. The third kappa shape index (κ3) is 2.48. The molecule has 1 aromatic heterocycles. The van der Waals surface area contributed by atoms with Crippen molar-refractivity contribution < 1.29 is 0 Å². The SMILES string of the molecule is Cc1cc(CCN)cnc1N1CCCC2CCCC21. The van der Waals surface area contributed by atoms with Gasteiger partial charge in [0.2, 0.25) is 0 Å². The number of hydrogen-bond acceptors (Lipinski definition) is 3. The molecule has 3 nitrogen and oxygen atoms in total. The molecule has 0 spiro atoms. The van der Waals surface area contributed by atoms with Gasteiger partial charge in [0.05, 0.1) is 0 Å². The maximum absolute atomic E-state index is 5.62. The molecular weight excluding hydrogens is 234 g/mol. The maximum atomic E-state index is 5.62. The number of nitrogens with zero attached hydrogens (tertiary/aromatic N) is 2. The third-order valence-electron chi connectivity index (χ3n) is 4.81. The van der Waals surface area contributed by atoms with Crippen LogP contribution in [0.15, 0.2) is 12.3 Å². The number of aromatic nitrogens is 1. The number of piperidine rings is 1. The molecule has 2 atom stereocenters. The Morgan fingerprint density at radius 2 is 2.16 bits per heavy atom. The molecule has 2 unspecified atom stereocenters. The van der Waals surface area contributed by atoms with Crippen LogP contribution >= 0.6 is 0 Å². The van der Waals surface area contributed by atoms with Crippen LogP contribution in [0.5, 0.6) is 0 Å². The van der Waals surface area contributed by atoms with E-state index in [1.807, 2.05) is 6.20 Å². The fourth-order valence-corrected chi connectivity index (χ4v) is 3.95. The van der Waals surface area contributed by atoms with Crippen molar-refractivity contribution in [3.05, 3.63) is 23.4 Å².